The fourth-order valence-corrected chi connectivity index (χ4v) is 3.14. The van der Waals surface area contributed by atoms with E-state index in [1.54, 1.807) is 0 Å². The topological polar surface area (TPSA) is 0 Å². The van der Waals surface area contributed by atoms with E-state index in [0.29, 0.717) is 0 Å². The maximum absolute atomic E-state index is 2.32. The van der Waals surface area contributed by atoms with Crippen LogP contribution in [0.25, 0.3) is 28.0 Å². The lowest BCUT2D eigenvalue weighted by atomic mass is 9.93. The Balaban J connectivity index is 1.96. The monoisotopic (exact) mass is 256 g/mol. The molecule has 96 valence electrons. The first-order chi connectivity index (χ1) is 9.81. The largest absolute Gasteiger partial charge is 0.0795 e. The minimum Gasteiger partial charge on any atom is -0.0795 e. The number of hydrogen-bond acceptors (Lipinski definition) is 0. The van der Waals surface area contributed by atoms with Crippen molar-refractivity contribution in [3.8, 4) is 11.1 Å². The van der Waals surface area contributed by atoms with Crippen LogP contribution in [0.3, 0.4) is 0 Å². The molecule has 0 radical (unpaired) electrons. The minimum absolute atomic E-state index is 1.05. The molecule has 0 aliphatic heterocycles. The van der Waals surface area contributed by atoms with Crippen LogP contribution in [0.2, 0.25) is 0 Å². The summed E-state index contributed by atoms with van der Waals surface area (Å²) in [6.45, 7) is 2.18. The van der Waals surface area contributed by atoms with Gasteiger partial charge in [-0.2, -0.15) is 0 Å². The van der Waals surface area contributed by atoms with E-state index in [4.69, 9.17) is 0 Å². The summed E-state index contributed by atoms with van der Waals surface area (Å²) in [4.78, 5) is 0. The van der Waals surface area contributed by atoms with Crippen LogP contribution in [-0.4, -0.2) is 0 Å². The summed E-state index contributed by atoms with van der Waals surface area (Å²) in [5.74, 6) is 0. The summed E-state index contributed by atoms with van der Waals surface area (Å²) in [7, 11) is 0. The Bertz CT molecular complexity index is 838. The summed E-state index contributed by atoms with van der Waals surface area (Å²) < 4.78 is 0. The van der Waals surface area contributed by atoms with Crippen molar-refractivity contribution >= 4 is 16.8 Å². The molecule has 0 fully saturated rings. The van der Waals surface area contributed by atoms with E-state index < -0.39 is 0 Å². The minimum atomic E-state index is 1.05. The molecule has 0 heterocycles. The molecule has 3 aromatic rings. The predicted molar refractivity (Wildman–Crippen MR) is 86.9 cm³/mol. The molecule has 0 N–H and O–H groups in total. The van der Waals surface area contributed by atoms with Crippen molar-refractivity contribution in [1.82, 2.24) is 0 Å². The lowest BCUT2D eigenvalue weighted by Crippen LogP contribution is -1.91. The number of rotatable bonds is 1. The van der Waals surface area contributed by atoms with Gasteiger partial charge in [0, 0.05) is 0 Å². The van der Waals surface area contributed by atoms with Gasteiger partial charge in [0.05, 0.1) is 0 Å². The number of benzene rings is 3. The molecular weight excluding hydrogens is 240 g/mol. The molecule has 0 aromatic heterocycles. The van der Waals surface area contributed by atoms with Gasteiger partial charge in [-0.1, -0.05) is 60.7 Å². The van der Waals surface area contributed by atoms with Crippen molar-refractivity contribution in [2.24, 2.45) is 0 Å². The maximum Gasteiger partial charge on any atom is -0.00820 e. The summed E-state index contributed by atoms with van der Waals surface area (Å²) in [5.41, 5.74) is 6.89. The van der Waals surface area contributed by atoms with Crippen LogP contribution in [0.1, 0.15) is 16.7 Å². The molecule has 1 aliphatic carbocycles. The highest BCUT2D eigenvalue weighted by Crippen LogP contribution is 2.33. The molecule has 20 heavy (non-hydrogen) atoms. The van der Waals surface area contributed by atoms with Gasteiger partial charge in [0.15, 0.2) is 0 Å². The van der Waals surface area contributed by atoms with Crippen LogP contribution in [0.15, 0.2) is 60.7 Å². The van der Waals surface area contributed by atoms with Gasteiger partial charge in [0.1, 0.15) is 0 Å². The van der Waals surface area contributed by atoms with E-state index in [2.05, 4.69) is 73.7 Å². The van der Waals surface area contributed by atoms with Crippen LogP contribution in [0, 0.1) is 6.92 Å². The Hall–Kier alpha value is -2.34. The molecular formula is C20H16. The third-order valence-corrected chi connectivity index (χ3v) is 4.11. The summed E-state index contributed by atoms with van der Waals surface area (Å²) in [6.07, 6.45) is 5.55. The van der Waals surface area contributed by atoms with Gasteiger partial charge in [-0.15, -0.1) is 0 Å². The highest BCUT2D eigenvalue weighted by atomic mass is 14.2. The van der Waals surface area contributed by atoms with Gasteiger partial charge in [-0.05, 0) is 58.0 Å². The first kappa shape index (κ1) is 11.5. The van der Waals surface area contributed by atoms with E-state index >= 15 is 0 Å². The third-order valence-electron chi connectivity index (χ3n) is 4.11. The molecule has 4 rings (SSSR count). The van der Waals surface area contributed by atoms with Crippen molar-refractivity contribution in [3.63, 3.8) is 0 Å². The molecule has 0 spiro atoms. The van der Waals surface area contributed by atoms with Gasteiger partial charge in [0.25, 0.3) is 0 Å². The maximum atomic E-state index is 2.32. The van der Waals surface area contributed by atoms with Gasteiger partial charge < -0.3 is 0 Å². The van der Waals surface area contributed by atoms with Crippen LogP contribution in [0.5, 0.6) is 0 Å². The molecule has 0 saturated heterocycles. The Kier molecular flexibility index (Phi) is 2.50. The number of aryl methyl sites for hydroxylation is 1. The van der Waals surface area contributed by atoms with Crippen LogP contribution in [-0.2, 0) is 6.42 Å². The van der Waals surface area contributed by atoms with Crippen LogP contribution >= 0.6 is 0 Å². The molecule has 3 aromatic carbocycles. The van der Waals surface area contributed by atoms with Crippen molar-refractivity contribution in [2.45, 2.75) is 13.3 Å². The predicted octanol–water partition coefficient (Wildman–Crippen LogP) is 5.38. The Morgan fingerprint density at radius 2 is 1.70 bits per heavy atom. The summed E-state index contributed by atoms with van der Waals surface area (Å²) in [6, 6.07) is 19.9. The molecule has 0 heteroatoms. The van der Waals surface area contributed by atoms with Gasteiger partial charge in [-0.3, -0.25) is 0 Å². The average molecular weight is 256 g/mol. The standard InChI is InChI=1S/C20H16/c1-14-11-17-7-4-8-19(17)20(12-14)18-10-9-15-5-2-3-6-16(15)13-18/h2-7,9-13H,8H2,1H3. The van der Waals surface area contributed by atoms with Crippen molar-refractivity contribution < 1.29 is 0 Å². The SMILES string of the molecule is Cc1cc2c(c(-c3ccc4ccccc4c3)c1)CC=C2. The molecule has 0 unspecified atom stereocenters. The van der Waals surface area contributed by atoms with Crippen molar-refractivity contribution in [2.75, 3.05) is 0 Å². The van der Waals surface area contributed by atoms with Crippen LogP contribution in [0.4, 0.5) is 0 Å². The Morgan fingerprint density at radius 3 is 2.60 bits per heavy atom. The van der Waals surface area contributed by atoms with Gasteiger partial charge in [0.2, 0.25) is 0 Å². The normalized spacial score (nSPS) is 12.8. The fourth-order valence-electron chi connectivity index (χ4n) is 3.14. The van der Waals surface area contributed by atoms with E-state index in [1.165, 1.54) is 38.6 Å². The Labute approximate surface area is 119 Å². The molecule has 1 aliphatic rings. The number of hydrogen-bond donors (Lipinski definition) is 0. The lowest BCUT2D eigenvalue weighted by molar-refractivity contribution is 1.29. The summed E-state index contributed by atoms with van der Waals surface area (Å²) in [5, 5.41) is 2.62. The van der Waals surface area contributed by atoms with E-state index in [9.17, 15) is 0 Å². The smallest absolute Gasteiger partial charge is 0.00820 e. The van der Waals surface area contributed by atoms with E-state index in [-0.39, 0.29) is 0 Å². The lowest BCUT2D eigenvalue weighted by Gasteiger charge is -2.11. The summed E-state index contributed by atoms with van der Waals surface area (Å²) >= 11 is 0. The van der Waals surface area contributed by atoms with E-state index in [0.717, 1.165) is 6.42 Å². The Morgan fingerprint density at radius 1 is 0.850 bits per heavy atom. The van der Waals surface area contributed by atoms with E-state index in [1.807, 2.05) is 0 Å². The second-order valence-electron chi connectivity index (χ2n) is 5.55. The molecule has 0 atom stereocenters. The van der Waals surface area contributed by atoms with Gasteiger partial charge in [-0.25, -0.2) is 0 Å². The van der Waals surface area contributed by atoms with Gasteiger partial charge >= 0.3 is 0 Å². The zero-order valence-electron chi connectivity index (χ0n) is 11.6. The van der Waals surface area contributed by atoms with Crippen molar-refractivity contribution in [3.05, 3.63) is 77.4 Å². The first-order valence-electron chi connectivity index (χ1n) is 7.10. The fraction of sp³-hybridized carbons (Fsp3) is 0.100. The highest BCUT2D eigenvalue weighted by Gasteiger charge is 2.12. The van der Waals surface area contributed by atoms with Crippen LogP contribution < -0.4 is 0 Å². The number of allylic oxidation sites excluding steroid dienone is 1. The molecule has 0 nitrogen and oxygen atoms in total. The zero-order chi connectivity index (χ0) is 13.5. The third kappa shape index (κ3) is 1.77. The zero-order valence-corrected chi connectivity index (χ0v) is 11.6. The number of fused-ring (bicyclic) bond motifs is 2. The molecule has 0 amide bonds. The second kappa shape index (κ2) is 4.35. The second-order valence-corrected chi connectivity index (χ2v) is 5.55. The van der Waals surface area contributed by atoms with Crippen molar-refractivity contribution in [1.29, 1.82) is 0 Å². The first-order valence-corrected chi connectivity index (χ1v) is 7.10. The quantitative estimate of drug-likeness (QED) is 0.548. The molecule has 0 bridgehead atoms. The average Bonchev–Trinajstić information content (AvgIpc) is 2.94. The highest BCUT2D eigenvalue weighted by molar-refractivity contribution is 5.88. The molecule has 0 saturated carbocycles.